The van der Waals surface area contributed by atoms with Crippen LogP contribution in [-0.4, -0.2) is 47.1 Å². The molecule has 0 rings (SSSR count). The fourth-order valence-electron chi connectivity index (χ4n) is 0.931. The van der Waals surface area contributed by atoms with E-state index in [2.05, 4.69) is 0 Å². The van der Waals surface area contributed by atoms with Crippen molar-refractivity contribution in [3.63, 3.8) is 0 Å². The summed E-state index contributed by atoms with van der Waals surface area (Å²) in [6, 6.07) is 2.00. The monoisotopic (exact) mass is 230 g/mol. The van der Waals surface area contributed by atoms with Crippen LogP contribution in [0.2, 0.25) is 0 Å². The van der Waals surface area contributed by atoms with Crippen molar-refractivity contribution in [2.45, 2.75) is 25.0 Å². The summed E-state index contributed by atoms with van der Waals surface area (Å²) in [4.78, 5) is 13.1. The van der Waals surface area contributed by atoms with Crippen molar-refractivity contribution in [2.75, 3.05) is 26.0 Å². The van der Waals surface area contributed by atoms with Crippen LogP contribution in [0.4, 0.5) is 0 Å². The Bertz CT molecular complexity index is 228. The number of carbonyl (C=O) groups is 1. The number of nitrogens with zero attached hydrogens (tertiary/aromatic N) is 2. The lowest BCUT2D eigenvalue weighted by Crippen LogP contribution is -2.29. The molecule has 0 radical (unpaired) electrons. The number of hydrogen-bond acceptors (Lipinski definition) is 4. The number of aliphatic hydroxyl groups is 1. The number of nitriles is 1. The molecule has 0 fully saturated rings. The molecule has 0 spiro atoms. The van der Waals surface area contributed by atoms with Crippen molar-refractivity contribution in [1.82, 2.24) is 4.90 Å². The summed E-state index contributed by atoms with van der Waals surface area (Å²) >= 11 is 1.54. The SMILES string of the molecule is CC(CCO)SCC(=O)N(C)CCC#N. The molecule has 0 aromatic heterocycles. The maximum atomic E-state index is 11.5. The first-order valence-corrected chi connectivity index (χ1v) is 6.00. The van der Waals surface area contributed by atoms with E-state index in [4.69, 9.17) is 10.4 Å². The molecule has 1 unspecified atom stereocenters. The van der Waals surface area contributed by atoms with E-state index in [0.717, 1.165) is 0 Å². The number of rotatable bonds is 7. The minimum Gasteiger partial charge on any atom is -0.396 e. The molecule has 0 bridgehead atoms. The highest BCUT2D eigenvalue weighted by Gasteiger charge is 2.10. The molecule has 0 aromatic rings. The fraction of sp³-hybridized carbons (Fsp3) is 0.800. The normalized spacial score (nSPS) is 11.9. The van der Waals surface area contributed by atoms with Gasteiger partial charge >= 0.3 is 0 Å². The van der Waals surface area contributed by atoms with Gasteiger partial charge in [-0.1, -0.05) is 6.92 Å². The van der Waals surface area contributed by atoms with E-state index in [-0.39, 0.29) is 12.5 Å². The lowest BCUT2D eigenvalue weighted by Gasteiger charge is -2.16. The first kappa shape index (κ1) is 14.3. The molecule has 15 heavy (non-hydrogen) atoms. The summed E-state index contributed by atoms with van der Waals surface area (Å²) in [5.74, 6) is 0.461. The Kier molecular flexibility index (Phi) is 8.15. The van der Waals surface area contributed by atoms with Crippen molar-refractivity contribution >= 4 is 17.7 Å². The van der Waals surface area contributed by atoms with Crippen LogP contribution in [0.5, 0.6) is 0 Å². The predicted octanol–water partition coefficient (Wildman–Crippen LogP) is 0.863. The van der Waals surface area contributed by atoms with Gasteiger partial charge in [0.05, 0.1) is 18.2 Å². The smallest absolute Gasteiger partial charge is 0.232 e. The summed E-state index contributed by atoms with van der Waals surface area (Å²) < 4.78 is 0. The third-order valence-corrected chi connectivity index (χ3v) is 3.23. The Balaban J connectivity index is 3.68. The predicted molar refractivity (Wildman–Crippen MR) is 61.5 cm³/mol. The van der Waals surface area contributed by atoms with Gasteiger partial charge in [-0.2, -0.15) is 5.26 Å². The molecule has 0 saturated carbocycles. The second-order valence-corrected chi connectivity index (χ2v) is 4.78. The molecular weight excluding hydrogens is 212 g/mol. The minimum absolute atomic E-state index is 0.0417. The highest BCUT2D eigenvalue weighted by molar-refractivity contribution is 8.00. The van der Waals surface area contributed by atoms with Crippen LogP contribution >= 0.6 is 11.8 Å². The van der Waals surface area contributed by atoms with E-state index in [1.165, 1.54) is 11.8 Å². The van der Waals surface area contributed by atoms with Gasteiger partial charge in [-0.25, -0.2) is 0 Å². The lowest BCUT2D eigenvalue weighted by atomic mass is 10.3. The van der Waals surface area contributed by atoms with Gasteiger partial charge in [0.1, 0.15) is 0 Å². The van der Waals surface area contributed by atoms with Gasteiger partial charge in [0, 0.05) is 25.4 Å². The number of hydrogen-bond donors (Lipinski definition) is 1. The van der Waals surface area contributed by atoms with Crippen molar-refractivity contribution in [2.24, 2.45) is 0 Å². The Labute approximate surface area is 95.3 Å². The van der Waals surface area contributed by atoms with Gasteiger partial charge < -0.3 is 10.0 Å². The van der Waals surface area contributed by atoms with Crippen molar-refractivity contribution in [3.8, 4) is 6.07 Å². The molecule has 0 saturated heterocycles. The molecule has 4 nitrogen and oxygen atoms in total. The van der Waals surface area contributed by atoms with E-state index >= 15 is 0 Å². The van der Waals surface area contributed by atoms with Crippen LogP contribution in [0.15, 0.2) is 0 Å². The van der Waals surface area contributed by atoms with Crippen LogP contribution in [0.1, 0.15) is 19.8 Å². The first-order chi connectivity index (χ1) is 7.11. The van der Waals surface area contributed by atoms with E-state index in [1.54, 1.807) is 11.9 Å². The fourth-order valence-corrected chi connectivity index (χ4v) is 1.85. The zero-order chi connectivity index (χ0) is 11.7. The Morgan fingerprint density at radius 3 is 2.87 bits per heavy atom. The van der Waals surface area contributed by atoms with Crippen LogP contribution in [0.25, 0.3) is 0 Å². The van der Waals surface area contributed by atoms with Gasteiger partial charge in [0.2, 0.25) is 5.91 Å². The molecular formula is C10H18N2O2S. The molecule has 0 aliphatic rings. The van der Waals surface area contributed by atoms with Crippen LogP contribution in [0.3, 0.4) is 0 Å². The minimum atomic E-state index is 0.0417. The molecule has 1 atom stereocenters. The van der Waals surface area contributed by atoms with Crippen LogP contribution < -0.4 is 0 Å². The average Bonchev–Trinajstić information content (AvgIpc) is 2.22. The maximum absolute atomic E-state index is 11.5. The zero-order valence-corrected chi connectivity index (χ0v) is 10.1. The third-order valence-electron chi connectivity index (χ3n) is 2.01. The van der Waals surface area contributed by atoms with Crippen molar-refractivity contribution < 1.29 is 9.90 Å². The maximum Gasteiger partial charge on any atom is 0.232 e. The first-order valence-electron chi connectivity index (χ1n) is 4.95. The second-order valence-electron chi connectivity index (χ2n) is 3.36. The van der Waals surface area contributed by atoms with Crippen molar-refractivity contribution in [3.05, 3.63) is 0 Å². The van der Waals surface area contributed by atoms with Gasteiger partial charge in [-0.05, 0) is 6.42 Å². The molecule has 0 aliphatic heterocycles. The zero-order valence-electron chi connectivity index (χ0n) is 9.27. The number of aliphatic hydroxyl groups excluding tert-OH is 1. The number of carbonyl (C=O) groups excluding carboxylic acids is 1. The quantitative estimate of drug-likeness (QED) is 0.704. The average molecular weight is 230 g/mol. The number of thioether (sulfide) groups is 1. The molecule has 1 amide bonds. The summed E-state index contributed by atoms with van der Waals surface area (Å²) in [5, 5.41) is 17.3. The van der Waals surface area contributed by atoms with Gasteiger partial charge in [-0.3, -0.25) is 4.79 Å². The molecule has 0 aliphatic carbocycles. The summed E-state index contributed by atoms with van der Waals surface area (Å²) in [6.07, 6.45) is 1.08. The Morgan fingerprint density at radius 1 is 1.67 bits per heavy atom. The standard InChI is InChI=1S/C10H18N2O2S/c1-9(4-7-13)15-8-10(14)12(2)6-3-5-11/h9,13H,3-4,6-8H2,1-2H3. The number of amides is 1. The molecule has 1 N–H and O–H groups in total. The van der Waals surface area contributed by atoms with E-state index < -0.39 is 0 Å². The van der Waals surface area contributed by atoms with E-state index in [0.29, 0.717) is 30.4 Å². The largest absolute Gasteiger partial charge is 0.396 e. The highest BCUT2D eigenvalue weighted by Crippen LogP contribution is 2.13. The lowest BCUT2D eigenvalue weighted by molar-refractivity contribution is -0.127. The highest BCUT2D eigenvalue weighted by atomic mass is 32.2. The summed E-state index contributed by atoms with van der Waals surface area (Å²) in [6.45, 7) is 2.64. The van der Waals surface area contributed by atoms with Gasteiger partial charge in [0.25, 0.3) is 0 Å². The van der Waals surface area contributed by atoms with Gasteiger partial charge in [0.15, 0.2) is 0 Å². The van der Waals surface area contributed by atoms with Crippen LogP contribution in [0, 0.1) is 11.3 Å². The van der Waals surface area contributed by atoms with Crippen LogP contribution in [-0.2, 0) is 4.79 Å². The Hall–Kier alpha value is -0.730. The topological polar surface area (TPSA) is 64.3 Å². The molecule has 86 valence electrons. The summed E-state index contributed by atoms with van der Waals surface area (Å²) in [7, 11) is 1.71. The summed E-state index contributed by atoms with van der Waals surface area (Å²) in [5.41, 5.74) is 0. The third kappa shape index (κ3) is 7.23. The van der Waals surface area contributed by atoms with E-state index in [9.17, 15) is 4.79 Å². The molecule has 0 aromatic carbocycles. The van der Waals surface area contributed by atoms with Gasteiger partial charge in [-0.15, -0.1) is 11.8 Å². The Morgan fingerprint density at radius 2 is 2.33 bits per heavy atom. The molecule has 5 heteroatoms. The van der Waals surface area contributed by atoms with Crippen molar-refractivity contribution in [1.29, 1.82) is 5.26 Å². The second kappa shape index (κ2) is 8.57. The van der Waals surface area contributed by atoms with E-state index in [1.807, 2.05) is 13.0 Å². The molecule has 0 heterocycles.